The third-order valence-corrected chi connectivity index (χ3v) is 4.21. The topological polar surface area (TPSA) is 60.2 Å². The molecule has 0 bridgehead atoms. The first-order valence-electron chi connectivity index (χ1n) is 7.55. The molecule has 0 unspecified atom stereocenters. The summed E-state index contributed by atoms with van der Waals surface area (Å²) >= 11 is 1.64. The van der Waals surface area contributed by atoms with Crippen LogP contribution in [-0.2, 0) is 0 Å². The maximum atomic E-state index is 5.52. The number of pyridine rings is 1. The minimum absolute atomic E-state index is 0.632. The number of hydrogen-bond acceptors (Lipinski definition) is 5. The Balaban J connectivity index is 2.04. The second-order valence-corrected chi connectivity index (χ2v) is 5.96. The van der Waals surface area contributed by atoms with E-state index in [1.54, 1.807) is 18.9 Å². The predicted octanol–water partition coefficient (Wildman–Crippen LogP) is 3.78. The van der Waals surface area contributed by atoms with Crippen LogP contribution in [0.25, 0.3) is 0 Å². The molecule has 2 aromatic rings. The molecule has 0 spiro atoms. The summed E-state index contributed by atoms with van der Waals surface area (Å²) in [5.41, 5.74) is 6.56. The molecule has 0 fully saturated rings. The van der Waals surface area contributed by atoms with Gasteiger partial charge in [0.1, 0.15) is 5.03 Å². The summed E-state index contributed by atoms with van der Waals surface area (Å²) < 4.78 is 5.24. The molecule has 1 aromatic carbocycles. The van der Waals surface area contributed by atoms with Crippen LogP contribution in [-0.4, -0.2) is 25.2 Å². The van der Waals surface area contributed by atoms with Crippen LogP contribution in [0.4, 0.5) is 5.69 Å². The molecule has 0 saturated heterocycles. The van der Waals surface area contributed by atoms with Crippen LogP contribution in [0.1, 0.15) is 19.3 Å². The van der Waals surface area contributed by atoms with Gasteiger partial charge in [-0.1, -0.05) is 36.4 Å². The average molecular weight is 317 g/mol. The van der Waals surface area contributed by atoms with Crippen molar-refractivity contribution < 1.29 is 4.74 Å². The van der Waals surface area contributed by atoms with Gasteiger partial charge in [0.05, 0.1) is 12.8 Å². The highest BCUT2D eigenvalue weighted by atomic mass is 32.2. The number of rotatable bonds is 9. The summed E-state index contributed by atoms with van der Waals surface area (Å²) in [6.07, 6.45) is 3.33. The Kier molecular flexibility index (Phi) is 7.06. The largest absolute Gasteiger partial charge is 0.481 e. The van der Waals surface area contributed by atoms with Gasteiger partial charge in [0, 0.05) is 17.5 Å². The Bertz CT molecular complexity index is 563. The van der Waals surface area contributed by atoms with Crippen LogP contribution in [0.5, 0.6) is 5.88 Å². The lowest BCUT2D eigenvalue weighted by atomic mass is 10.2. The highest BCUT2D eigenvalue weighted by molar-refractivity contribution is 7.99. The third-order valence-electron chi connectivity index (χ3n) is 3.20. The molecule has 22 heavy (non-hydrogen) atoms. The molecule has 4 nitrogen and oxygen atoms in total. The highest BCUT2D eigenvalue weighted by Gasteiger charge is 2.08. The van der Waals surface area contributed by atoms with Gasteiger partial charge in [0.2, 0.25) is 5.88 Å². The SMILES string of the molecule is COc1ccc(NCCCCCN)c(Sc2ccccc2)n1. The lowest BCUT2D eigenvalue weighted by molar-refractivity contribution is 0.394. The van der Waals surface area contributed by atoms with E-state index >= 15 is 0 Å². The zero-order chi connectivity index (χ0) is 15.6. The van der Waals surface area contributed by atoms with Crippen LogP contribution >= 0.6 is 11.8 Å². The number of benzene rings is 1. The standard InChI is InChI=1S/C17H23N3OS/c1-21-16-11-10-15(19-13-7-3-6-12-18)17(20-16)22-14-8-4-2-5-9-14/h2,4-5,8-11,19H,3,6-7,12-13,18H2,1H3. The number of anilines is 1. The maximum absolute atomic E-state index is 5.52. The molecule has 3 N–H and O–H groups in total. The van der Waals surface area contributed by atoms with Crippen molar-refractivity contribution in [2.24, 2.45) is 5.73 Å². The first-order chi connectivity index (χ1) is 10.8. The lowest BCUT2D eigenvalue weighted by Crippen LogP contribution is -2.05. The number of nitrogens with two attached hydrogens (primary N) is 1. The Morgan fingerprint density at radius 3 is 2.64 bits per heavy atom. The van der Waals surface area contributed by atoms with Gasteiger partial charge in [-0.2, -0.15) is 0 Å². The van der Waals surface area contributed by atoms with Crippen LogP contribution in [0, 0.1) is 0 Å². The molecular formula is C17H23N3OS. The fourth-order valence-electron chi connectivity index (χ4n) is 2.02. The number of hydrogen-bond donors (Lipinski definition) is 2. The van der Waals surface area contributed by atoms with Gasteiger partial charge in [-0.25, -0.2) is 4.98 Å². The molecule has 1 heterocycles. The molecule has 0 aliphatic carbocycles. The van der Waals surface area contributed by atoms with Gasteiger partial charge in [-0.05, 0) is 37.6 Å². The van der Waals surface area contributed by atoms with E-state index in [4.69, 9.17) is 10.5 Å². The molecule has 0 radical (unpaired) electrons. The highest BCUT2D eigenvalue weighted by Crippen LogP contribution is 2.33. The van der Waals surface area contributed by atoms with Gasteiger partial charge in [-0.3, -0.25) is 0 Å². The van der Waals surface area contributed by atoms with Crippen molar-refractivity contribution in [1.29, 1.82) is 0 Å². The quantitative estimate of drug-likeness (QED) is 0.689. The number of nitrogens with one attached hydrogen (secondary N) is 1. The summed E-state index contributed by atoms with van der Waals surface area (Å²) in [6, 6.07) is 14.1. The number of unbranched alkanes of at least 4 members (excludes halogenated alkanes) is 2. The van der Waals surface area contributed by atoms with Gasteiger partial charge < -0.3 is 15.8 Å². The smallest absolute Gasteiger partial charge is 0.214 e. The van der Waals surface area contributed by atoms with Crippen LogP contribution in [0.2, 0.25) is 0 Å². The second-order valence-electron chi connectivity index (χ2n) is 4.90. The number of methoxy groups -OCH3 is 1. The minimum atomic E-state index is 0.632. The summed E-state index contributed by atoms with van der Waals surface area (Å²) in [5, 5.41) is 4.40. The zero-order valence-electron chi connectivity index (χ0n) is 12.9. The number of nitrogens with zero attached hydrogens (tertiary/aromatic N) is 1. The molecule has 5 heteroatoms. The minimum Gasteiger partial charge on any atom is -0.481 e. The fraction of sp³-hybridized carbons (Fsp3) is 0.353. The van der Waals surface area contributed by atoms with Crippen molar-refractivity contribution in [3.8, 4) is 5.88 Å². The van der Waals surface area contributed by atoms with Gasteiger partial charge in [-0.15, -0.1) is 0 Å². The first kappa shape index (κ1) is 16.6. The second kappa shape index (κ2) is 9.33. The molecule has 0 atom stereocenters. The Hall–Kier alpha value is -1.72. The monoisotopic (exact) mass is 317 g/mol. The maximum Gasteiger partial charge on any atom is 0.214 e. The van der Waals surface area contributed by atoms with Gasteiger partial charge >= 0.3 is 0 Å². The van der Waals surface area contributed by atoms with E-state index in [1.165, 1.54) is 0 Å². The average Bonchev–Trinajstić information content (AvgIpc) is 2.56. The van der Waals surface area contributed by atoms with Crippen LogP contribution < -0.4 is 15.8 Å². The Labute approximate surface area is 136 Å². The molecule has 0 aliphatic rings. The number of aromatic nitrogens is 1. The Morgan fingerprint density at radius 2 is 1.91 bits per heavy atom. The molecule has 0 saturated carbocycles. The summed E-state index contributed by atoms with van der Waals surface area (Å²) in [5.74, 6) is 0.632. The van der Waals surface area contributed by atoms with Crippen molar-refractivity contribution in [2.75, 3.05) is 25.5 Å². The van der Waals surface area contributed by atoms with Crippen molar-refractivity contribution >= 4 is 17.4 Å². The van der Waals surface area contributed by atoms with Crippen LogP contribution in [0.15, 0.2) is 52.4 Å². The molecule has 2 rings (SSSR count). The summed E-state index contributed by atoms with van der Waals surface area (Å²) in [4.78, 5) is 5.72. The van der Waals surface area contributed by atoms with E-state index in [0.29, 0.717) is 5.88 Å². The van der Waals surface area contributed by atoms with Crippen LogP contribution in [0.3, 0.4) is 0 Å². The zero-order valence-corrected chi connectivity index (χ0v) is 13.7. The molecule has 1 aromatic heterocycles. The van der Waals surface area contributed by atoms with E-state index in [2.05, 4.69) is 22.4 Å². The third kappa shape index (κ3) is 5.24. The van der Waals surface area contributed by atoms with Crippen molar-refractivity contribution in [2.45, 2.75) is 29.2 Å². The predicted molar refractivity (Wildman–Crippen MR) is 92.7 cm³/mol. The van der Waals surface area contributed by atoms with E-state index < -0.39 is 0 Å². The van der Waals surface area contributed by atoms with E-state index in [9.17, 15) is 0 Å². The van der Waals surface area contributed by atoms with E-state index in [0.717, 1.165) is 48.0 Å². The van der Waals surface area contributed by atoms with Crippen molar-refractivity contribution in [3.05, 3.63) is 42.5 Å². The first-order valence-corrected chi connectivity index (χ1v) is 8.37. The number of ether oxygens (including phenoxy) is 1. The lowest BCUT2D eigenvalue weighted by Gasteiger charge is -2.12. The van der Waals surface area contributed by atoms with Gasteiger partial charge in [0.15, 0.2) is 0 Å². The summed E-state index contributed by atoms with van der Waals surface area (Å²) in [6.45, 7) is 1.69. The Morgan fingerprint density at radius 1 is 1.09 bits per heavy atom. The summed E-state index contributed by atoms with van der Waals surface area (Å²) in [7, 11) is 1.64. The van der Waals surface area contributed by atoms with E-state index in [-0.39, 0.29) is 0 Å². The van der Waals surface area contributed by atoms with Crippen molar-refractivity contribution in [1.82, 2.24) is 4.98 Å². The molecule has 118 valence electrons. The van der Waals surface area contributed by atoms with Gasteiger partial charge in [0.25, 0.3) is 0 Å². The molecular weight excluding hydrogens is 294 g/mol. The molecule has 0 amide bonds. The molecule has 0 aliphatic heterocycles. The van der Waals surface area contributed by atoms with Crippen molar-refractivity contribution in [3.63, 3.8) is 0 Å². The van der Waals surface area contributed by atoms with E-state index in [1.807, 2.05) is 30.3 Å². The fourth-order valence-corrected chi connectivity index (χ4v) is 2.92. The normalized spacial score (nSPS) is 10.5.